The lowest BCUT2D eigenvalue weighted by atomic mass is 10.2. The summed E-state index contributed by atoms with van der Waals surface area (Å²) in [6, 6.07) is 7.13. The van der Waals surface area contributed by atoms with Crippen LogP contribution < -0.4 is 11.1 Å². The van der Waals surface area contributed by atoms with Gasteiger partial charge in [-0.15, -0.1) is 6.42 Å². The number of carbonyl (C=O) groups is 1. The van der Waals surface area contributed by atoms with Gasteiger partial charge in [0.05, 0.1) is 0 Å². The molecular formula is C11H12N2O. The van der Waals surface area contributed by atoms with E-state index in [1.54, 1.807) is 24.3 Å². The molecule has 0 saturated heterocycles. The first-order valence-electron chi connectivity index (χ1n) is 4.33. The molecule has 0 fully saturated rings. The number of terminal acetylenes is 1. The highest BCUT2D eigenvalue weighted by Crippen LogP contribution is 2.09. The molecule has 1 aromatic rings. The fraction of sp³-hybridized carbons (Fsp3) is 0.182. The van der Waals surface area contributed by atoms with E-state index >= 15 is 0 Å². The second-order valence-corrected chi connectivity index (χ2v) is 2.81. The largest absolute Gasteiger partial charge is 0.330 e. The molecule has 0 aliphatic carbocycles. The van der Waals surface area contributed by atoms with Gasteiger partial charge in [-0.3, -0.25) is 4.79 Å². The number of nitrogens with one attached hydrogen (secondary N) is 1. The van der Waals surface area contributed by atoms with Crippen LogP contribution in [0.1, 0.15) is 12.0 Å². The number of benzene rings is 1. The van der Waals surface area contributed by atoms with Crippen LogP contribution in [0.3, 0.4) is 0 Å². The number of amides is 1. The van der Waals surface area contributed by atoms with Crippen LogP contribution in [-0.2, 0) is 4.79 Å². The van der Waals surface area contributed by atoms with Gasteiger partial charge < -0.3 is 11.1 Å². The van der Waals surface area contributed by atoms with Crippen molar-refractivity contribution in [2.75, 3.05) is 11.9 Å². The molecule has 14 heavy (non-hydrogen) atoms. The Morgan fingerprint density at radius 1 is 1.57 bits per heavy atom. The van der Waals surface area contributed by atoms with Crippen molar-refractivity contribution < 1.29 is 4.79 Å². The molecule has 0 saturated carbocycles. The van der Waals surface area contributed by atoms with Crippen LogP contribution in [0.15, 0.2) is 24.3 Å². The predicted octanol–water partition coefficient (Wildman–Crippen LogP) is 0.955. The molecule has 1 amide bonds. The molecule has 3 N–H and O–H groups in total. The highest BCUT2D eigenvalue weighted by molar-refractivity contribution is 5.90. The third kappa shape index (κ3) is 2.92. The zero-order chi connectivity index (χ0) is 10.4. The van der Waals surface area contributed by atoms with E-state index in [2.05, 4.69) is 11.2 Å². The first-order valence-corrected chi connectivity index (χ1v) is 4.33. The van der Waals surface area contributed by atoms with E-state index < -0.39 is 0 Å². The molecule has 0 aromatic heterocycles. The van der Waals surface area contributed by atoms with Crippen LogP contribution in [0.4, 0.5) is 5.69 Å². The molecule has 0 bridgehead atoms. The first-order chi connectivity index (χ1) is 6.76. The van der Waals surface area contributed by atoms with Crippen molar-refractivity contribution >= 4 is 11.6 Å². The summed E-state index contributed by atoms with van der Waals surface area (Å²) < 4.78 is 0. The fourth-order valence-corrected chi connectivity index (χ4v) is 1.04. The SMILES string of the molecule is C#Cc1cccc(NC(=O)CCN)c1. The Morgan fingerprint density at radius 3 is 3.00 bits per heavy atom. The van der Waals surface area contributed by atoms with Crippen molar-refractivity contribution in [2.24, 2.45) is 5.73 Å². The van der Waals surface area contributed by atoms with Crippen LogP contribution in [0.25, 0.3) is 0 Å². The van der Waals surface area contributed by atoms with Crippen LogP contribution in [0, 0.1) is 12.3 Å². The zero-order valence-corrected chi connectivity index (χ0v) is 7.79. The summed E-state index contributed by atoms with van der Waals surface area (Å²) in [6.07, 6.45) is 5.55. The Hall–Kier alpha value is -1.79. The van der Waals surface area contributed by atoms with Gasteiger partial charge in [0, 0.05) is 24.2 Å². The summed E-state index contributed by atoms with van der Waals surface area (Å²) >= 11 is 0. The second-order valence-electron chi connectivity index (χ2n) is 2.81. The van der Waals surface area contributed by atoms with E-state index in [1.165, 1.54) is 0 Å². The molecule has 72 valence electrons. The highest BCUT2D eigenvalue weighted by Gasteiger charge is 2.00. The predicted molar refractivity (Wildman–Crippen MR) is 56.7 cm³/mol. The molecule has 0 aliphatic heterocycles. The lowest BCUT2D eigenvalue weighted by Crippen LogP contribution is -2.16. The molecule has 0 unspecified atom stereocenters. The molecule has 0 heterocycles. The Labute approximate surface area is 83.3 Å². The van der Waals surface area contributed by atoms with Gasteiger partial charge in [0.2, 0.25) is 5.91 Å². The third-order valence-electron chi connectivity index (χ3n) is 1.68. The fourth-order valence-electron chi connectivity index (χ4n) is 1.04. The van der Waals surface area contributed by atoms with Gasteiger partial charge >= 0.3 is 0 Å². The summed E-state index contributed by atoms with van der Waals surface area (Å²) in [4.78, 5) is 11.2. The van der Waals surface area contributed by atoms with Crippen molar-refractivity contribution in [2.45, 2.75) is 6.42 Å². The monoisotopic (exact) mass is 188 g/mol. The van der Waals surface area contributed by atoms with Gasteiger partial charge in [0.15, 0.2) is 0 Å². The Kier molecular flexibility index (Phi) is 3.71. The Morgan fingerprint density at radius 2 is 2.36 bits per heavy atom. The molecule has 0 spiro atoms. The molecule has 1 rings (SSSR count). The van der Waals surface area contributed by atoms with Crippen LogP contribution in [-0.4, -0.2) is 12.5 Å². The van der Waals surface area contributed by atoms with Crippen molar-refractivity contribution in [3.8, 4) is 12.3 Å². The van der Waals surface area contributed by atoms with E-state index in [0.717, 1.165) is 5.56 Å². The van der Waals surface area contributed by atoms with Gasteiger partial charge in [-0.1, -0.05) is 12.0 Å². The zero-order valence-electron chi connectivity index (χ0n) is 7.79. The molecule has 0 aliphatic rings. The Balaban J connectivity index is 2.68. The summed E-state index contributed by atoms with van der Waals surface area (Å²) in [5.74, 6) is 2.40. The standard InChI is InChI=1S/C11H12N2O/c1-2-9-4-3-5-10(8-9)13-11(14)6-7-12/h1,3-5,8H,6-7,12H2,(H,13,14). The van der Waals surface area contributed by atoms with Gasteiger partial charge in [0.1, 0.15) is 0 Å². The average Bonchev–Trinajstić information content (AvgIpc) is 2.18. The maximum absolute atomic E-state index is 11.2. The van der Waals surface area contributed by atoms with Crippen molar-refractivity contribution in [3.63, 3.8) is 0 Å². The highest BCUT2D eigenvalue weighted by atomic mass is 16.1. The molecule has 3 heteroatoms. The smallest absolute Gasteiger partial charge is 0.225 e. The summed E-state index contributed by atoms with van der Waals surface area (Å²) in [6.45, 7) is 0.348. The molecule has 3 nitrogen and oxygen atoms in total. The van der Waals surface area contributed by atoms with E-state index in [4.69, 9.17) is 12.2 Å². The minimum Gasteiger partial charge on any atom is -0.330 e. The number of nitrogens with two attached hydrogens (primary N) is 1. The van der Waals surface area contributed by atoms with E-state index in [9.17, 15) is 4.79 Å². The van der Waals surface area contributed by atoms with Gasteiger partial charge in [-0.05, 0) is 18.2 Å². The number of hydrogen-bond donors (Lipinski definition) is 2. The second kappa shape index (κ2) is 5.05. The summed E-state index contributed by atoms with van der Waals surface area (Å²) in [5, 5.41) is 2.70. The Bertz CT molecular complexity index is 366. The number of carbonyl (C=O) groups excluding carboxylic acids is 1. The maximum atomic E-state index is 11.2. The maximum Gasteiger partial charge on any atom is 0.225 e. The number of hydrogen-bond acceptors (Lipinski definition) is 2. The van der Waals surface area contributed by atoms with Crippen LogP contribution in [0.2, 0.25) is 0 Å². The van der Waals surface area contributed by atoms with Crippen molar-refractivity contribution in [3.05, 3.63) is 29.8 Å². The van der Waals surface area contributed by atoms with Crippen LogP contribution in [0.5, 0.6) is 0 Å². The van der Waals surface area contributed by atoms with Gasteiger partial charge in [-0.25, -0.2) is 0 Å². The summed E-state index contributed by atoms with van der Waals surface area (Å²) in [7, 11) is 0. The molecule has 0 atom stereocenters. The first kappa shape index (κ1) is 10.3. The van der Waals surface area contributed by atoms with Gasteiger partial charge in [-0.2, -0.15) is 0 Å². The normalized spacial score (nSPS) is 9.14. The lowest BCUT2D eigenvalue weighted by Gasteiger charge is -2.03. The van der Waals surface area contributed by atoms with E-state index in [0.29, 0.717) is 18.7 Å². The van der Waals surface area contributed by atoms with Crippen molar-refractivity contribution in [1.82, 2.24) is 0 Å². The molecular weight excluding hydrogens is 176 g/mol. The topological polar surface area (TPSA) is 55.1 Å². The number of anilines is 1. The number of rotatable bonds is 3. The van der Waals surface area contributed by atoms with Gasteiger partial charge in [0.25, 0.3) is 0 Å². The average molecular weight is 188 g/mol. The van der Waals surface area contributed by atoms with Crippen LogP contribution >= 0.6 is 0 Å². The third-order valence-corrected chi connectivity index (χ3v) is 1.68. The summed E-state index contributed by atoms with van der Waals surface area (Å²) in [5.41, 5.74) is 6.70. The van der Waals surface area contributed by atoms with E-state index in [1.807, 2.05) is 0 Å². The molecule has 1 aromatic carbocycles. The lowest BCUT2D eigenvalue weighted by molar-refractivity contribution is -0.116. The quantitative estimate of drug-likeness (QED) is 0.694. The molecule has 0 radical (unpaired) electrons. The minimum absolute atomic E-state index is 0.0957. The van der Waals surface area contributed by atoms with Crippen molar-refractivity contribution in [1.29, 1.82) is 0 Å². The van der Waals surface area contributed by atoms with E-state index in [-0.39, 0.29) is 5.91 Å². The minimum atomic E-state index is -0.0957.